The number of sulfonamides is 4. The largest absolute Gasteiger partial charge is 0.465 e. The Balaban J connectivity index is 0.000000245. The van der Waals surface area contributed by atoms with Crippen molar-refractivity contribution in [2.75, 3.05) is 88.3 Å². The molecule has 4 heterocycles. The van der Waals surface area contributed by atoms with Gasteiger partial charge in [0, 0.05) is 108 Å². The van der Waals surface area contributed by atoms with Gasteiger partial charge in [-0.1, -0.05) is 13.3 Å². The summed E-state index contributed by atoms with van der Waals surface area (Å²) in [5, 5.41) is 42.2. The Kier molecular flexibility index (Phi) is 29.6. The van der Waals surface area contributed by atoms with Crippen LogP contribution < -0.4 is 16.2 Å². The number of nitrogen functional groups attached to an aromatic ring is 1. The number of hydrogen-bond donors (Lipinski definition) is 3. The Bertz CT molecular complexity index is 4930. The molecule has 4 aromatic heterocycles. The Morgan fingerprint density at radius 2 is 0.961 bits per heavy atom. The SMILES string of the molecule is CCCCNc1cc(C(=O)OC)cc(S(=O)(=O)N=CN(C)C)c1-c1ccsc1.COC(=O)c1cc(N)c(-c2ccsc2)c(S(=O)(=O)N=CN(C)C)c1.COC(=O)c1cc([N+](=O)[O-])c(-c2ccsc2)c(S(=O)(=O)N=CN(C)C)c1.COC(=O)c1cc([N+](=O)[O-])c(Sc2nccn2C)c(S(N)(=O)=O)c1. The van der Waals surface area contributed by atoms with Crippen molar-refractivity contribution in [3.63, 3.8) is 0 Å². The zero-order valence-corrected chi connectivity index (χ0v) is 62.9. The number of imidazole rings is 1. The highest BCUT2D eigenvalue weighted by atomic mass is 32.2. The van der Waals surface area contributed by atoms with E-state index in [1.165, 1.54) is 100 Å². The predicted octanol–water partition coefficient (Wildman–Crippen LogP) is 9.06. The summed E-state index contributed by atoms with van der Waals surface area (Å²) in [6, 6.07) is 14.6. The smallest absolute Gasteiger partial charge is 0.338 e. The van der Waals surface area contributed by atoms with Gasteiger partial charge in [0.15, 0.2) is 5.16 Å². The van der Waals surface area contributed by atoms with Gasteiger partial charge in [-0.15, -0.1) is 13.2 Å². The Hall–Kier alpha value is -10.0. The highest BCUT2D eigenvalue weighted by Gasteiger charge is 2.33. The number of aromatic nitrogens is 2. The fraction of sp³-hybridized carbons (Fsp3) is 0.246. The summed E-state index contributed by atoms with van der Waals surface area (Å²) in [5.41, 5.74) is 7.73. The summed E-state index contributed by atoms with van der Waals surface area (Å²) < 4.78 is 131. The molecule has 0 fully saturated rings. The lowest BCUT2D eigenvalue weighted by Crippen LogP contribution is -2.16. The molecule has 33 nitrogen and oxygen atoms in total. The number of nitrogens with one attached hydrogen (secondary N) is 1. The lowest BCUT2D eigenvalue weighted by molar-refractivity contribution is -0.388. The van der Waals surface area contributed by atoms with Gasteiger partial charge in [0.1, 0.15) is 43.5 Å². The molecule has 0 atom stereocenters. The van der Waals surface area contributed by atoms with Gasteiger partial charge >= 0.3 is 23.9 Å². The number of carbonyl (C=O) groups excluding carboxylic acids is 4. The number of benzene rings is 4. The standard InChI is InChI=1S/C19H25N3O4S2.C15H15N3O6S2.C15H17N3O4S2.C12H12N4O6S2/c1-5-6-8-20-16-10-15(19(23)26-4)11-17(18(16)14-7-9-27-12-14)28(24,25)21-13-22(2)3;1-17(2)9-16-26(22,23)13-7-11(15(19)24-3)6-12(18(20)21)14(13)10-4-5-25-8-10;1-18(2)9-17-24(20,21)13-7-11(15(19)22-3)6-12(16)14(13)10-4-5-23-8-10;1-15-4-3-14-12(15)23-10-8(16(18)19)5-7(11(17)22-2)6-9(10)24(13,20)21/h7,9-13,20H,5-6,8H2,1-4H3;4-9H,1-3H3;4-9H,16H2,1-3H3;3-6H,1-2H3,(H2,13,20,21). The van der Waals surface area contributed by atoms with Crippen LogP contribution in [0.5, 0.6) is 0 Å². The highest BCUT2D eigenvalue weighted by molar-refractivity contribution is 8.00. The quantitative estimate of drug-likeness (QED) is 0.00701. The predicted molar refractivity (Wildman–Crippen MR) is 389 cm³/mol. The van der Waals surface area contributed by atoms with Crippen LogP contribution in [0, 0.1) is 20.2 Å². The third kappa shape index (κ3) is 22.0. The molecule has 0 aliphatic carbocycles. The van der Waals surface area contributed by atoms with E-state index < -0.39 is 95.0 Å². The minimum Gasteiger partial charge on any atom is -0.465 e. The van der Waals surface area contributed by atoms with Crippen molar-refractivity contribution in [2.24, 2.45) is 25.4 Å². The number of primary sulfonamides is 1. The third-order valence-corrected chi connectivity index (χ3v) is 21.1. The molecular weight excluding hydrogens is 1490 g/mol. The summed E-state index contributed by atoms with van der Waals surface area (Å²) >= 11 is 4.88. The molecule has 0 spiro atoms. The molecule has 0 bridgehead atoms. The monoisotopic (exact) mass is 1560 g/mol. The second kappa shape index (κ2) is 36.5. The van der Waals surface area contributed by atoms with E-state index in [0.717, 1.165) is 75.0 Å². The van der Waals surface area contributed by atoms with E-state index in [9.17, 15) is 73.1 Å². The molecule has 0 aliphatic rings. The molecule has 0 saturated heterocycles. The summed E-state index contributed by atoms with van der Waals surface area (Å²) in [5.74, 6) is -3.09. The van der Waals surface area contributed by atoms with Crippen molar-refractivity contribution in [3.8, 4) is 33.4 Å². The maximum absolute atomic E-state index is 13.0. The van der Waals surface area contributed by atoms with Crippen LogP contribution in [0.2, 0.25) is 0 Å². The second-order valence-electron chi connectivity index (χ2n) is 21.3. The molecule has 0 radical (unpaired) electrons. The van der Waals surface area contributed by atoms with E-state index >= 15 is 0 Å². The van der Waals surface area contributed by atoms with Gasteiger partial charge in [-0.2, -0.15) is 59.3 Å². The average molecular weight is 1560 g/mol. The Morgan fingerprint density at radius 3 is 1.32 bits per heavy atom. The van der Waals surface area contributed by atoms with Crippen LogP contribution in [0.1, 0.15) is 61.2 Å². The maximum atomic E-state index is 13.0. The average Bonchev–Trinajstić information content (AvgIpc) is 1.18. The van der Waals surface area contributed by atoms with Crippen LogP contribution in [0.3, 0.4) is 0 Å². The van der Waals surface area contributed by atoms with Crippen molar-refractivity contribution in [1.29, 1.82) is 0 Å². The second-order valence-corrected chi connectivity index (χ2v) is 30.9. The number of carbonyl (C=O) groups is 4. The minimum absolute atomic E-state index is 0.0362. The van der Waals surface area contributed by atoms with Gasteiger partial charge in [0.25, 0.3) is 41.4 Å². The molecule has 546 valence electrons. The first-order valence-corrected chi connectivity index (χ1v) is 38.4. The summed E-state index contributed by atoms with van der Waals surface area (Å²) in [6.45, 7) is 2.72. The first kappa shape index (κ1) is 82.7. The molecular formula is C61H69N13O20S8. The van der Waals surface area contributed by atoms with Crippen LogP contribution in [-0.2, 0) is 66.1 Å². The number of hydrogen-bond acceptors (Lipinski definition) is 27. The summed E-state index contributed by atoms with van der Waals surface area (Å²) in [6.07, 6.45) is 8.39. The van der Waals surface area contributed by atoms with E-state index in [1.54, 1.807) is 94.4 Å². The normalized spacial score (nSPS) is 11.5. The van der Waals surface area contributed by atoms with Gasteiger partial charge in [0.2, 0.25) is 10.0 Å². The number of ether oxygens (including phenoxy) is 4. The van der Waals surface area contributed by atoms with Crippen molar-refractivity contribution in [1.82, 2.24) is 24.3 Å². The number of unbranched alkanes of at least 4 members (excludes halogenated alkanes) is 1. The van der Waals surface area contributed by atoms with E-state index in [-0.39, 0.29) is 48.2 Å². The zero-order valence-electron chi connectivity index (χ0n) is 56.4. The van der Waals surface area contributed by atoms with Gasteiger partial charge in [-0.3, -0.25) is 20.2 Å². The van der Waals surface area contributed by atoms with Gasteiger partial charge < -0.3 is 49.3 Å². The minimum atomic E-state index is -4.34. The summed E-state index contributed by atoms with van der Waals surface area (Å²) in [7, 11) is -0.654. The van der Waals surface area contributed by atoms with E-state index in [2.05, 4.69) is 44.6 Å². The topological polar surface area (TPSA) is 457 Å². The van der Waals surface area contributed by atoms with Gasteiger partial charge in [-0.05, 0) is 116 Å². The zero-order chi connectivity index (χ0) is 76.2. The lowest BCUT2D eigenvalue weighted by atomic mass is 10.0. The van der Waals surface area contributed by atoms with E-state index in [1.807, 2.05) is 22.2 Å². The number of nitro benzene ring substituents is 2. The van der Waals surface area contributed by atoms with Gasteiger partial charge in [0.05, 0.1) is 66.1 Å². The van der Waals surface area contributed by atoms with Crippen molar-refractivity contribution in [2.45, 2.75) is 49.4 Å². The molecule has 0 unspecified atom stereocenters. The van der Waals surface area contributed by atoms with Gasteiger partial charge in [-0.25, -0.2) is 37.7 Å². The number of anilines is 2. The first-order chi connectivity index (χ1) is 47.9. The lowest BCUT2D eigenvalue weighted by Gasteiger charge is -2.17. The molecule has 0 aliphatic heterocycles. The van der Waals surface area contributed by atoms with Crippen molar-refractivity contribution >= 4 is 152 Å². The molecule has 8 rings (SSSR count). The van der Waals surface area contributed by atoms with Crippen LogP contribution >= 0.6 is 45.8 Å². The molecule has 4 aromatic carbocycles. The number of aryl methyl sites for hydroxylation is 1. The fourth-order valence-corrected chi connectivity index (χ4v) is 16.0. The number of thiophene rings is 3. The van der Waals surface area contributed by atoms with E-state index in [4.69, 9.17) is 15.6 Å². The number of rotatable bonds is 25. The van der Waals surface area contributed by atoms with Crippen LogP contribution in [0.4, 0.5) is 22.7 Å². The third-order valence-electron chi connectivity index (χ3n) is 13.1. The number of nitrogens with zero attached hydrogens (tertiary/aromatic N) is 10. The summed E-state index contributed by atoms with van der Waals surface area (Å²) in [4.78, 5) is 75.8. The van der Waals surface area contributed by atoms with Crippen LogP contribution in [0.15, 0.2) is 154 Å². The molecule has 41 heteroatoms. The number of methoxy groups -OCH3 is 4. The van der Waals surface area contributed by atoms with E-state index in [0.29, 0.717) is 39.6 Å². The number of nitro groups is 2. The Morgan fingerprint density at radius 1 is 0.588 bits per heavy atom. The Labute approximate surface area is 603 Å². The van der Waals surface area contributed by atoms with Crippen molar-refractivity contribution < 1.29 is 81.6 Å². The molecule has 102 heavy (non-hydrogen) atoms. The first-order valence-electron chi connectivity index (χ1n) is 28.9. The number of nitrogens with two attached hydrogens (primary N) is 2. The molecule has 5 N–H and O–H groups in total. The van der Waals surface area contributed by atoms with Crippen molar-refractivity contribution in [3.05, 3.63) is 154 Å². The fourth-order valence-electron chi connectivity index (χ4n) is 8.42. The molecule has 0 saturated carbocycles. The number of esters is 4. The van der Waals surface area contributed by atoms with Crippen LogP contribution in [0.25, 0.3) is 33.4 Å². The highest BCUT2D eigenvalue weighted by Crippen LogP contribution is 2.43. The molecule has 0 amide bonds. The molecule has 8 aromatic rings. The maximum Gasteiger partial charge on any atom is 0.338 e. The van der Waals surface area contributed by atoms with Crippen LogP contribution in [-0.4, -0.2) is 188 Å².